The molecule has 1 heterocycles. The number of carbonyl (C=O) groups excluding carboxylic acids is 2. The van der Waals surface area contributed by atoms with Crippen molar-refractivity contribution in [1.82, 2.24) is 4.90 Å². The lowest BCUT2D eigenvalue weighted by atomic mass is 10.1. The molecule has 2 amide bonds. The van der Waals surface area contributed by atoms with Crippen molar-refractivity contribution in [3.8, 4) is 0 Å². The van der Waals surface area contributed by atoms with Gasteiger partial charge in [0.15, 0.2) is 0 Å². The molecule has 0 aliphatic carbocycles. The third-order valence-electron chi connectivity index (χ3n) is 3.37. The van der Waals surface area contributed by atoms with Gasteiger partial charge in [0.25, 0.3) is 11.8 Å². The maximum absolute atomic E-state index is 12.2. The van der Waals surface area contributed by atoms with Crippen molar-refractivity contribution >= 4 is 33.8 Å². The summed E-state index contributed by atoms with van der Waals surface area (Å²) in [6, 6.07) is 14.7. The predicted molar refractivity (Wildman–Crippen MR) is 85.0 cm³/mol. The van der Waals surface area contributed by atoms with Crippen LogP contribution in [0.1, 0.15) is 26.3 Å². The van der Waals surface area contributed by atoms with E-state index in [0.717, 1.165) is 10.0 Å². The molecule has 4 heteroatoms. The van der Waals surface area contributed by atoms with Crippen molar-refractivity contribution in [2.75, 3.05) is 6.54 Å². The van der Waals surface area contributed by atoms with E-state index >= 15 is 0 Å². The molecule has 0 spiro atoms. The smallest absolute Gasteiger partial charge is 0.261 e. The standard InChI is InChI=1S/C17H12BrNO2/c18-15-10-4-1-6-12(15)7-5-11-19-16(20)13-8-2-3-9-14(13)17(19)21/h1-10H,11H2/b7-5+. The van der Waals surface area contributed by atoms with Crippen molar-refractivity contribution in [2.24, 2.45) is 0 Å². The topological polar surface area (TPSA) is 37.4 Å². The Bertz CT molecular complexity index is 717. The van der Waals surface area contributed by atoms with Gasteiger partial charge in [-0.2, -0.15) is 0 Å². The second kappa shape index (κ2) is 5.66. The van der Waals surface area contributed by atoms with Gasteiger partial charge in [0.1, 0.15) is 0 Å². The molecule has 0 aromatic heterocycles. The fourth-order valence-corrected chi connectivity index (χ4v) is 2.72. The molecule has 1 aliphatic rings. The number of hydrogen-bond donors (Lipinski definition) is 0. The fraction of sp³-hybridized carbons (Fsp3) is 0.0588. The highest BCUT2D eigenvalue weighted by Crippen LogP contribution is 2.22. The lowest BCUT2D eigenvalue weighted by Gasteiger charge is -2.10. The van der Waals surface area contributed by atoms with E-state index in [0.29, 0.717) is 11.1 Å². The summed E-state index contributed by atoms with van der Waals surface area (Å²) >= 11 is 3.46. The van der Waals surface area contributed by atoms with Gasteiger partial charge in [0, 0.05) is 11.0 Å². The Labute approximate surface area is 131 Å². The highest BCUT2D eigenvalue weighted by atomic mass is 79.9. The van der Waals surface area contributed by atoms with Gasteiger partial charge < -0.3 is 0 Å². The SMILES string of the molecule is O=C1c2ccccc2C(=O)N1C/C=C/c1ccccc1Br. The van der Waals surface area contributed by atoms with Gasteiger partial charge >= 0.3 is 0 Å². The van der Waals surface area contributed by atoms with Crippen molar-refractivity contribution in [1.29, 1.82) is 0 Å². The molecule has 0 unspecified atom stereocenters. The van der Waals surface area contributed by atoms with E-state index in [1.54, 1.807) is 24.3 Å². The summed E-state index contributed by atoms with van der Waals surface area (Å²) in [6.45, 7) is 0.272. The van der Waals surface area contributed by atoms with E-state index in [4.69, 9.17) is 0 Å². The molecule has 3 rings (SSSR count). The zero-order valence-corrected chi connectivity index (χ0v) is 12.7. The number of amides is 2. The molecule has 21 heavy (non-hydrogen) atoms. The first kappa shape index (κ1) is 13.8. The normalized spacial score (nSPS) is 14.0. The van der Waals surface area contributed by atoms with Crippen LogP contribution in [-0.2, 0) is 0 Å². The zero-order valence-electron chi connectivity index (χ0n) is 11.1. The van der Waals surface area contributed by atoms with Crippen molar-refractivity contribution in [2.45, 2.75) is 0 Å². The number of rotatable bonds is 3. The molecular formula is C17H12BrNO2. The van der Waals surface area contributed by atoms with E-state index in [2.05, 4.69) is 15.9 Å². The monoisotopic (exact) mass is 341 g/mol. The maximum atomic E-state index is 12.2. The summed E-state index contributed by atoms with van der Waals surface area (Å²) in [5, 5.41) is 0. The number of imide groups is 1. The van der Waals surface area contributed by atoms with E-state index in [-0.39, 0.29) is 18.4 Å². The number of halogens is 1. The van der Waals surface area contributed by atoms with Crippen LogP contribution in [-0.4, -0.2) is 23.3 Å². The maximum Gasteiger partial charge on any atom is 0.261 e. The molecule has 2 aromatic carbocycles. The average molecular weight is 342 g/mol. The number of fused-ring (bicyclic) bond motifs is 1. The number of hydrogen-bond acceptors (Lipinski definition) is 2. The highest BCUT2D eigenvalue weighted by molar-refractivity contribution is 9.10. The Balaban J connectivity index is 1.77. The first-order valence-corrected chi connectivity index (χ1v) is 7.34. The van der Waals surface area contributed by atoms with Crippen LogP contribution in [0, 0.1) is 0 Å². The molecule has 0 fully saturated rings. The number of nitrogens with zero attached hydrogens (tertiary/aromatic N) is 1. The second-order valence-electron chi connectivity index (χ2n) is 4.69. The van der Waals surface area contributed by atoms with Gasteiger partial charge in [-0.1, -0.05) is 58.4 Å². The van der Waals surface area contributed by atoms with Gasteiger partial charge in [0.2, 0.25) is 0 Å². The zero-order chi connectivity index (χ0) is 14.8. The lowest BCUT2D eigenvalue weighted by molar-refractivity contribution is 0.0672. The number of carbonyl (C=O) groups is 2. The minimum atomic E-state index is -0.229. The second-order valence-corrected chi connectivity index (χ2v) is 5.54. The third kappa shape index (κ3) is 2.54. The Kier molecular flexibility index (Phi) is 3.71. The lowest BCUT2D eigenvalue weighted by Crippen LogP contribution is -2.29. The van der Waals surface area contributed by atoms with Gasteiger partial charge in [-0.25, -0.2) is 0 Å². The molecule has 0 atom stereocenters. The first-order valence-electron chi connectivity index (χ1n) is 6.55. The van der Waals surface area contributed by atoms with E-state index in [9.17, 15) is 9.59 Å². The summed E-state index contributed by atoms with van der Waals surface area (Å²) in [6.07, 6.45) is 3.72. The van der Waals surface area contributed by atoms with Gasteiger partial charge in [-0.15, -0.1) is 0 Å². The van der Waals surface area contributed by atoms with Crippen LogP contribution < -0.4 is 0 Å². The predicted octanol–water partition coefficient (Wildman–Crippen LogP) is 3.76. The summed E-state index contributed by atoms with van der Waals surface area (Å²) in [4.78, 5) is 25.6. The molecule has 0 saturated carbocycles. The van der Waals surface area contributed by atoms with Crippen LogP contribution in [0.15, 0.2) is 59.1 Å². The molecule has 0 radical (unpaired) electrons. The van der Waals surface area contributed by atoms with Crippen LogP contribution in [0.3, 0.4) is 0 Å². The number of benzene rings is 2. The molecule has 2 aromatic rings. The molecule has 3 nitrogen and oxygen atoms in total. The Morgan fingerprint density at radius 2 is 1.48 bits per heavy atom. The minimum absolute atomic E-state index is 0.229. The largest absolute Gasteiger partial charge is 0.270 e. The quantitative estimate of drug-likeness (QED) is 0.797. The van der Waals surface area contributed by atoms with Crippen LogP contribution in [0.2, 0.25) is 0 Å². The van der Waals surface area contributed by atoms with Crippen LogP contribution in [0.4, 0.5) is 0 Å². The fourth-order valence-electron chi connectivity index (χ4n) is 2.30. The molecule has 0 bridgehead atoms. The Morgan fingerprint density at radius 1 is 0.905 bits per heavy atom. The molecule has 104 valence electrons. The Morgan fingerprint density at radius 3 is 2.10 bits per heavy atom. The van der Waals surface area contributed by atoms with Crippen molar-refractivity contribution < 1.29 is 9.59 Å². The Hall–Kier alpha value is -2.20. The van der Waals surface area contributed by atoms with Gasteiger partial charge in [-0.05, 0) is 23.8 Å². The first-order chi connectivity index (χ1) is 10.2. The van der Waals surface area contributed by atoms with E-state index in [1.165, 1.54) is 4.90 Å². The summed E-state index contributed by atoms with van der Waals surface area (Å²) in [7, 11) is 0. The summed E-state index contributed by atoms with van der Waals surface area (Å²) in [5.41, 5.74) is 1.97. The average Bonchev–Trinajstić information content (AvgIpc) is 2.74. The highest BCUT2D eigenvalue weighted by Gasteiger charge is 2.33. The van der Waals surface area contributed by atoms with E-state index < -0.39 is 0 Å². The molecule has 1 aliphatic heterocycles. The van der Waals surface area contributed by atoms with Gasteiger partial charge in [-0.3, -0.25) is 14.5 Å². The van der Waals surface area contributed by atoms with Crippen LogP contribution in [0.25, 0.3) is 6.08 Å². The van der Waals surface area contributed by atoms with Gasteiger partial charge in [0.05, 0.1) is 11.1 Å². The summed E-state index contributed by atoms with van der Waals surface area (Å²) in [5.74, 6) is -0.459. The summed E-state index contributed by atoms with van der Waals surface area (Å²) < 4.78 is 0.976. The van der Waals surface area contributed by atoms with Crippen LogP contribution >= 0.6 is 15.9 Å². The van der Waals surface area contributed by atoms with Crippen molar-refractivity contribution in [3.63, 3.8) is 0 Å². The third-order valence-corrected chi connectivity index (χ3v) is 4.09. The van der Waals surface area contributed by atoms with Crippen LogP contribution in [0.5, 0.6) is 0 Å². The molecular weight excluding hydrogens is 330 g/mol. The molecule has 0 N–H and O–H groups in total. The minimum Gasteiger partial charge on any atom is -0.270 e. The van der Waals surface area contributed by atoms with Crippen molar-refractivity contribution in [3.05, 3.63) is 75.8 Å². The van der Waals surface area contributed by atoms with E-state index in [1.807, 2.05) is 36.4 Å². The molecule has 0 saturated heterocycles.